The van der Waals surface area contributed by atoms with Gasteiger partial charge in [0.25, 0.3) is 0 Å². The predicted molar refractivity (Wildman–Crippen MR) is 86.3 cm³/mol. The van der Waals surface area contributed by atoms with Gasteiger partial charge >= 0.3 is 129 Å². The first kappa shape index (κ1) is 16.8. The van der Waals surface area contributed by atoms with Gasteiger partial charge in [-0.15, -0.1) is 0 Å². The predicted octanol–water partition coefficient (Wildman–Crippen LogP) is 3.45. The fourth-order valence-corrected chi connectivity index (χ4v) is 2.54. The van der Waals surface area contributed by atoms with E-state index in [0.29, 0.717) is 0 Å². The molecule has 19 heavy (non-hydrogen) atoms. The third kappa shape index (κ3) is 7.21. The molecule has 0 fully saturated rings. The molecule has 0 amide bonds. The van der Waals surface area contributed by atoms with E-state index in [1.54, 1.807) is 0 Å². The van der Waals surface area contributed by atoms with Crippen molar-refractivity contribution in [3.63, 3.8) is 0 Å². The van der Waals surface area contributed by atoms with Crippen LogP contribution in [0.3, 0.4) is 0 Å². The number of hydrogen-bond donors (Lipinski definition) is 0. The van der Waals surface area contributed by atoms with Gasteiger partial charge in [-0.3, -0.25) is 0 Å². The van der Waals surface area contributed by atoms with Gasteiger partial charge < -0.3 is 0 Å². The van der Waals surface area contributed by atoms with Crippen molar-refractivity contribution >= 4 is 22.0 Å². The SMILES string of the molecule is [Li][c]1cc(CCCCCCCC)ccc1CN(C)C. The van der Waals surface area contributed by atoms with E-state index < -0.39 is 0 Å². The second-order valence-electron chi connectivity index (χ2n) is 6.02. The van der Waals surface area contributed by atoms with Crippen molar-refractivity contribution in [1.29, 1.82) is 0 Å². The number of benzene rings is 1. The molecule has 0 aliphatic rings. The molecule has 0 aliphatic carbocycles. The van der Waals surface area contributed by atoms with Crippen LogP contribution in [0.15, 0.2) is 18.2 Å². The zero-order valence-electron chi connectivity index (χ0n) is 13.3. The molecule has 0 heterocycles. The molecular formula is C17H28LiN. The Morgan fingerprint density at radius 1 is 1.00 bits per heavy atom. The molecule has 2 heteroatoms. The average molecular weight is 253 g/mol. The third-order valence-electron chi connectivity index (χ3n) is 3.71. The van der Waals surface area contributed by atoms with Crippen LogP contribution in [0.4, 0.5) is 0 Å². The molecule has 1 aromatic rings. The molecule has 0 saturated carbocycles. The molecule has 0 aromatic heterocycles. The third-order valence-corrected chi connectivity index (χ3v) is 3.71. The molecule has 0 spiro atoms. The van der Waals surface area contributed by atoms with Gasteiger partial charge in [0, 0.05) is 0 Å². The molecule has 0 unspecified atom stereocenters. The molecule has 0 radical (unpaired) electrons. The molecule has 1 rings (SSSR count). The Morgan fingerprint density at radius 3 is 2.32 bits per heavy atom. The molecule has 0 aliphatic heterocycles. The molecule has 0 N–H and O–H groups in total. The van der Waals surface area contributed by atoms with Crippen LogP contribution < -0.4 is 4.24 Å². The van der Waals surface area contributed by atoms with E-state index in [4.69, 9.17) is 0 Å². The topological polar surface area (TPSA) is 3.24 Å². The van der Waals surface area contributed by atoms with E-state index >= 15 is 0 Å². The average Bonchev–Trinajstić information content (AvgIpc) is 2.36. The summed E-state index contributed by atoms with van der Waals surface area (Å²) in [5.74, 6) is 0. The summed E-state index contributed by atoms with van der Waals surface area (Å²) < 4.78 is 1.44. The van der Waals surface area contributed by atoms with Crippen LogP contribution in [0.1, 0.15) is 56.6 Å². The number of nitrogens with zero attached hydrogens (tertiary/aromatic N) is 1. The van der Waals surface area contributed by atoms with Crippen molar-refractivity contribution in [1.82, 2.24) is 4.90 Å². The van der Waals surface area contributed by atoms with Gasteiger partial charge in [0.2, 0.25) is 0 Å². The van der Waals surface area contributed by atoms with E-state index in [-0.39, 0.29) is 0 Å². The monoisotopic (exact) mass is 253 g/mol. The van der Waals surface area contributed by atoms with Gasteiger partial charge in [0.05, 0.1) is 0 Å². The van der Waals surface area contributed by atoms with Crippen molar-refractivity contribution in [2.75, 3.05) is 14.1 Å². The van der Waals surface area contributed by atoms with Crippen LogP contribution in [-0.2, 0) is 13.0 Å². The Labute approximate surface area is 129 Å². The molecule has 0 saturated heterocycles. The molecular weight excluding hydrogens is 225 g/mol. The number of aryl methyl sites for hydroxylation is 1. The first-order valence-electron chi connectivity index (χ1n) is 7.86. The summed E-state index contributed by atoms with van der Waals surface area (Å²) in [6, 6.07) is 7.00. The molecule has 1 aromatic carbocycles. The zero-order chi connectivity index (χ0) is 14.1. The maximum absolute atomic E-state index is 2.38. The molecule has 0 atom stereocenters. The van der Waals surface area contributed by atoms with Crippen LogP contribution >= 0.6 is 0 Å². The zero-order valence-corrected chi connectivity index (χ0v) is 13.3. The Kier molecular flexibility index (Phi) is 8.54. The minimum atomic E-state index is 1.04. The maximum atomic E-state index is 2.38. The van der Waals surface area contributed by atoms with Crippen LogP contribution in [0.5, 0.6) is 0 Å². The van der Waals surface area contributed by atoms with Gasteiger partial charge in [0.15, 0.2) is 0 Å². The van der Waals surface area contributed by atoms with E-state index in [2.05, 4.69) is 61.8 Å². The van der Waals surface area contributed by atoms with Crippen LogP contribution in [0.25, 0.3) is 0 Å². The van der Waals surface area contributed by atoms with Crippen LogP contribution in [-0.4, -0.2) is 36.7 Å². The van der Waals surface area contributed by atoms with Gasteiger partial charge in [-0.05, 0) is 0 Å². The summed E-state index contributed by atoms with van der Waals surface area (Å²) in [5.41, 5.74) is 2.96. The second kappa shape index (κ2) is 9.65. The van der Waals surface area contributed by atoms with Crippen LogP contribution in [0.2, 0.25) is 0 Å². The summed E-state index contributed by atoms with van der Waals surface area (Å²) in [4.78, 5) is 2.23. The van der Waals surface area contributed by atoms with Gasteiger partial charge in [-0.25, -0.2) is 0 Å². The molecule has 1 nitrogen and oxygen atoms in total. The number of hydrogen-bond acceptors (Lipinski definition) is 1. The summed E-state index contributed by atoms with van der Waals surface area (Å²) in [6.07, 6.45) is 9.54. The Balaban J connectivity index is 2.33. The van der Waals surface area contributed by atoms with Gasteiger partial charge in [-0.2, -0.15) is 0 Å². The Hall–Kier alpha value is -0.223. The van der Waals surface area contributed by atoms with Gasteiger partial charge in [0.1, 0.15) is 0 Å². The normalized spacial score (nSPS) is 11.3. The van der Waals surface area contributed by atoms with Crippen molar-refractivity contribution in [3.8, 4) is 0 Å². The Morgan fingerprint density at radius 2 is 1.68 bits per heavy atom. The van der Waals surface area contributed by atoms with E-state index in [1.807, 2.05) is 0 Å². The first-order chi connectivity index (χ1) is 9.13. The Bertz CT molecular complexity index is 360. The fourth-order valence-electron chi connectivity index (χ4n) is 2.54. The number of rotatable bonds is 9. The summed E-state index contributed by atoms with van der Waals surface area (Å²) in [5, 5.41) is 0. The van der Waals surface area contributed by atoms with E-state index in [0.717, 1.165) is 6.54 Å². The summed E-state index contributed by atoms with van der Waals surface area (Å²) >= 11 is 2.24. The summed E-state index contributed by atoms with van der Waals surface area (Å²) in [6.45, 7) is 3.32. The number of unbranched alkanes of at least 4 members (excludes halogenated alkanes) is 5. The second-order valence-corrected chi connectivity index (χ2v) is 6.02. The first-order valence-corrected chi connectivity index (χ1v) is 7.86. The van der Waals surface area contributed by atoms with Crippen molar-refractivity contribution < 1.29 is 0 Å². The van der Waals surface area contributed by atoms with Crippen molar-refractivity contribution in [2.24, 2.45) is 0 Å². The minimum absolute atomic E-state index is 1.04. The summed E-state index contributed by atoms with van der Waals surface area (Å²) in [7, 11) is 4.26. The van der Waals surface area contributed by atoms with Crippen LogP contribution in [0, 0.1) is 0 Å². The van der Waals surface area contributed by atoms with E-state index in [9.17, 15) is 0 Å². The fraction of sp³-hybridized carbons (Fsp3) is 0.647. The molecule has 0 bridgehead atoms. The molecule has 102 valence electrons. The van der Waals surface area contributed by atoms with Crippen molar-refractivity contribution in [3.05, 3.63) is 29.3 Å². The van der Waals surface area contributed by atoms with Gasteiger partial charge in [-0.1, -0.05) is 0 Å². The quantitative estimate of drug-likeness (QED) is 0.481. The standard InChI is InChI=1S/C17H28N.Li/c1-4-5-6-7-8-9-10-16-11-13-17(14-12-16)15-18(2)3;/h11-13H,4-10,15H2,1-3H3;. The van der Waals surface area contributed by atoms with E-state index in [1.165, 1.54) is 60.3 Å². The van der Waals surface area contributed by atoms with Crippen molar-refractivity contribution in [2.45, 2.75) is 58.4 Å².